The molecule has 0 aliphatic carbocycles. The van der Waals surface area contributed by atoms with Gasteiger partial charge >= 0.3 is 0 Å². The van der Waals surface area contributed by atoms with Crippen LogP contribution in [0, 0.1) is 0 Å². The number of hydrogen-bond acceptors (Lipinski definition) is 3. The first kappa shape index (κ1) is 17.1. The van der Waals surface area contributed by atoms with Crippen LogP contribution in [0.5, 0.6) is 11.5 Å². The van der Waals surface area contributed by atoms with E-state index in [1.165, 1.54) is 0 Å². The van der Waals surface area contributed by atoms with E-state index in [0.29, 0.717) is 13.0 Å². The number of nitrogens with zero attached hydrogens (tertiary/aromatic N) is 1. The first-order chi connectivity index (χ1) is 12.1. The number of aromatic nitrogens is 2. The number of hydrogen-bond donors (Lipinski definition) is 1. The van der Waals surface area contributed by atoms with Crippen LogP contribution in [0.3, 0.4) is 0 Å². The van der Waals surface area contributed by atoms with E-state index in [4.69, 9.17) is 14.5 Å². The van der Waals surface area contributed by atoms with Gasteiger partial charge in [0.1, 0.15) is 5.82 Å². The SMILES string of the molecule is C=CCc1cc(-c2nc3ccccc3[nH]2)cc(OCC)c1OC(C)C. The lowest BCUT2D eigenvalue weighted by Gasteiger charge is -2.19. The summed E-state index contributed by atoms with van der Waals surface area (Å²) in [7, 11) is 0. The first-order valence-electron chi connectivity index (χ1n) is 8.64. The van der Waals surface area contributed by atoms with Gasteiger partial charge in [0.25, 0.3) is 0 Å². The van der Waals surface area contributed by atoms with Gasteiger partial charge in [-0.1, -0.05) is 18.2 Å². The zero-order valence-corrected chi connectivity index (χ0v) is 15.0. The Labute approximate surface area is 148 Å². The van der Waals surface area contributed by atoms with Gasteiger partial charge in [-0.2, -0.15) is 0 Å². The highest BCUT2D eigenvalue weighted by Crippen LogP contribution is 2.37. The van der Waals surface area contributed by atoms with Crippen molar-refractivity contribution in [2.45, 2.75) is 33.3 Å². The molecule has 0 bridgehead atoms. The molecule has 0 radical (unpaired) electrons. The fourth-order valence-corrected chi connectivity index (χ4v) is 2.83. The van der Waals surface area contributed by atoms with E-state index in [0.717, 1.165) is 39.5 Å². The van der Waals surface area contributed by atoms with Crippen LogP contribution in [0.15, 0.2) is 49.1 Å². The third kappa shape index (κ3) is 3.68. The van der Waals surface area contributed by atoms with Gasteiger partial charge in [0.05, 0.1) is 23.7 Å². The largest absolute Gasteiger partial charge is 0.490 e. The standard InChI is InChI=1S/C21H24N2O2/c1-5-9-15-12-16(13-19(24-6-2)20(15)25-14(3)4)21-22-17-10-7-8-11-18(17)23-21/h5,7-8,10-14H,1,6,9H2,2-4H3,(H,22,23). The van der Waals surface area contributed by atoms with E-state index < -0.39 is 0 Å². The van der Waals surface area contributed by atoms with Crippen molar-refractivity contribution >= 4 is 11.0 Å². The summed E-state index contributed by atoms with van der Waals surface area (Å²) in [6.45, 7) is 10.4. The number of H-pyrrole nitrogens is 1. The molecular formula is C21H24N2O2. The molecule has 1 aromatic heterocycles. The van der Waals surface area contributed by atoms with Crippen molar-refractivity contribution in [3.8, 4) is 22.9 Å². The quantitative estimate of drug-likeness (QED) is 0.607. The number of rotatable bonds is 7. The molecule has 3 rings (SSSR count). The number of nitrogens with one attached hydrogen (secondary N) is 1. The second-order valence-corrected chi connectivity index (χ2v) is 6.16. The van der Waals surface area contributed by atoms with Crippen molar-refractivity contribution in [3.63, 3.8) is 0 Å². The van der Waals surface area contributed by atoms with Gasteiger partial charge in [-0.25, -0.2) is 4.98 Å². The molecule has 1 N–H and O–H groups in total. The molecule has 2 aromatic carbocycles. The number of aromatic amines is 1. The molecule has 0 spiro atoms. The lowest BCUT2D eigenvalue weighted by molar-refractivity contribution is 0.222. The molecular weight excluding hydrogens is 312 g/mol. The van der Waals surface area contributed by atoms with E-state index in [9.17, 15) is 0 Å². The van der Waals surface area contributed by atoms with Gasteiger partial charge < -0.3 is 14.5 Å². The summed E-state index contributed by atoms with van der Waals surface area (Å²) in [5.41, 5.74) is 3.99. The minimum atomic E-state index is 0.0693. The first-order valence-corrected chi connectivity index (χ1v) is 8.64. The number of allylic oxidation sites excluding steroid dienone is 1. The van der Waals surface area contributed by atoms with E-state index in [2.05, 4.69) is 17.6 Å². The molecule has 0 saturated heterocycles. The summed E-state index contributed by atoms with van der Waals surface area (Å²) in [4.78, 5) is 8.08. The Morgan fingerprint density at radius 1 is 1.24 bits per heavy atom. The van der Waals surface area contributed by atoms with Crippen LogP contribution in [0.2, 0.25) is 0 Å². The lowest BCUT2D eigenvalue weighted by atomic mass is 10.0. The summed E-state index contributed by atoms with van der Waals surface area (Å²) in [5, 5.41) is 0. The zero-order valence-electron chi connectivity index (χ0n) is 15.0. The molecule has 1 heterocycles. The third-order valence-corrected chi connectivity index (χ3v) is 3.81. The van der Waals surface area contributed by atoms with Gasteiger partial charge in [0.15, 0.2) is 11.5 Å². The van der Waals surface area contributed by atoms with E-state index in [1.54, 1.807) is 0 Å². The van der Waals surface area contributed by atoms with Gasteiger partial charge in [-0.05, 0) is 51.5 Å². The summed E-state index contributed by atoms with van der Waals surface area (Å²) in [5.74, 6) is 2.35. The summed E-state index contributed by atoms with van der Waals surface area (Å²) in [6, 6.07) is 12.1. The van der Waals surface area contributed by atoms with Crippen molar-refractivity contribution in [2.75, 3.05) is 6.61 Å². The summed E-state index contributed by atoms with van der Waals surface area (Å²) in [6.07, 6.45) is 2.65. The Kier molecular flexibility index (Phi) is 5.08. The van der Waals surface area contributed by atoms with Crippen LogP contribution in [-0.4, -0.2) is 22.7 Å². The molecule has 0 aliphatic rings. The Morgan fingerprint density at radius 3 is 2.72 bits per heavy atom. The van der Waals surface area contributed by atoms with Gasteiger partial charge in [-0.15, -0.1) is 6.58 Å². The Morgan fingerprint density at radius 2 is 2.04 bits per heavy atom. The maximum atomic E-state index is 6.03. The average molecular weight is 336 g/mol. The van der Waals surface area contributed by atoms with Crippen molar-refractivity contribution < 1.29 is 9.47 Å². The molecule has 0 fully saturated rings. The smallest absolute Gasteiger partial charge is 0.165 e. The van der Waals surface area contributed by atoms with E-state index in [-0.39, 0.29) is 6.10 Å². The predicted octanol–water partition coefficient (Wildman–Crippen LogP) is 5.14. The number of benzene rings is 2. The molecule has 0 amide bonds. The fraction of sp³-hybridized carbons (Fsp3) is 0.286. The van der Waals surface area contributed by atoms with E-state index >= 15 is 0 Å². The van der Waals surface area contributed by atoms with Crippen LogP contribution in [0.1, 0.15) is 26.3 Å². The van der Waals surface area contributed by atoms with Crippen molar-refractivity contribution in [2.24, 2.45) is 0 Å². The minimum Gasteiger partial charge on any atom is -0.490 e. The second-order valence-electron chi connectivity index (χ2n) is 6.16. The maximum Gasteiger partial charge on any atom is 0.165 e. The third-order valence-electron chi connectivity index (χ3n) is 3.81. The zero-order chi connectivity index (χ0) is 17.8. The number of para-hydroxylation sites is 2. The van der Waals surface area contributed by atoms with Crippen LogP contribution in [0.4, 0.5) is 0 Å². The topological polar surface area (TPSA) is 47.1 Å². The molecule has 4 nitrogen and oxygen atoms in total. The Bertz CT molecular complexity index is 848. The molecule has 4 heteroatoms. The van der Waals surface area contributed by atoms with E-state index in [1.807, 2.05) is 57.2 Å². The van der Waals surface area contributed by atoms with Crippen LogP contribution in [-0.2, 0) is 6.42 Å². The van der Waals surface area contributed by atoms with Crippen LogP contribution in [0.25, 0.3) is 22.4 Å². The van der Waals surface area contributed by atoms with Crippen LogP contribution >= 0.6 is 0 Å². The average Bonchev–Trinajstić information content (AvgIpc) is 3.01. The highest BCUT2D eigenvalue weighted by molar-refractivity contribution is 5.80. The lowest BCUT2D eigenvalue weighted by Crippen LogP contribution is -2.09. The fourth-order valence-electron chi connectivity index (χ4n) is 2.83. The minimum absolute atomic E-state index is 0.0693. The molecule has 0 atom stereocenters. The highest BCUT2D eigenvalue weighted by Gasteiger charge is 2.17. The normalized spacial score (nSPS) is 11.0. The summed E-state index contributed by atoms with van der Waals surface area (Å²) < 4.78 is 11.9. The highest BCUT2D eigenvalue weighted by atomic mass is 16.5. The molecule has 0 unspecified atom stereocenters. The monoisotopic (exact) mass is 336 g/mol. The van der Waals surface area contributed by atoms with Gasteiger partial charge in [0, 0.05) is 11.1 Å². The molecule has 25 heavy (non-hydrogen) atoms. The van der Waals surface area contributed by atoms with Crippen LogP contribution < -0.4 is 9.47 Å². The molecule has 0 aliphatic heterocycles. The van der Waals surface area contributed by atoms with Crippen molar-refractivity contribution in [3.05, 3.63) is 54.6 Å². The number of imidazole rings is 1. The van der Waals surface area contributed by atoms with Gasteiger partial charge in [0.2, 0.25) is 0 Å². The Balaban J connectivity index is 2.14. The summed E-state index contributed by atoms with van der Waals surface area (Å²) >= 11 is 0. The van der Waals surface area contributed by atoms with Crippen molar-refractivity contribution in [1.29, 1.82) is 0 Å². The molecule has 130 valence electrons. The number of ether oxygens (including phenoxy) is 2. The molecule has 0 saturated carbocycles. The predicted molar refractivity (Wildman–Crippen MR) is 102 cm³/mol. The van der Waals surface area contributed by atoms with Crippen molar-refractivity contribution in [1.82, 2.24) is 9.97 Å². The number of fused-ring (bicyclic) bond motifs is 1. The second kappa shape index (κ2) is 7.43. The maximum absolute atomic E-state index is 6.03. The van der Waals surface area contributed by atoms with Gasteiger partial charge in [-0.3, -0.25) is 0 Å². The Hall–Kier alpha value is -2.75. The molecule has 3 aromatic rings.